The van der Waals surface area contributed by atoms with Crippen molar-refractivity contribution in [3.63, 3.8) is 0 Å². The van der Waals surface area contributed by atoms with Gasteiger partial charge in [0.25, 0.3) is 5.91 Å². The maximum Gasteiger partial charge on any atom is 0.335 e. The molecule has 0 aliphatic carbocycles. The lowest BCUT2D eigenvalue weighted by molar-refractivity contribution is 0.0696. The van der Waals surface area contributed by atoms with Gasteiger partial charge in [-0.15, -0.1) is 11.3 Å². The van der Waals surface area contributed by atoms with Crippen molar-refractivity contribution in [3.8, 4) is 0 Å². The van der Waals surface area contributed by atoms with Crippen LogP contribution < -0.4 is 5.32 Å². The molecule has 2 aromatic rings. The summed E-state index contributed by atoms with van der Waals surface area (Å²) >= 11 is 1.35. The minimum absolute atomic E-state index is 0.0793. The highest BCUT2D eigenvalue weighted by atomic mass is 32.2. The molecule has 0 radical (unpaired) electrons. The van der Waals surface area contributed by atoms with E-state index < -0.39 is 21.7 Å². The van der Waals surface area contributed by atoms with Crippen molar-refractivity contribution in [2.24, 2.45) is 0 Å². The Morgan fingerprint density at radius 1 is 1.20 bits per heavy atom. The largest absolute Gasteiger partial charge is 0.478 e. The van der Waals surface area contributed by atoms with E-state index in [1.54, 1.807) is 5.38 Å². The highest BCUT2D eigenvalue weighted by molar-refractivity contribution is 7.90. The predicted octanol–water partition coefficient (Wildman–Crippen LogP) is 2.79. The van der Waals surface area contributed by atoms with E-state index in [4.69, 9.17) is 5.11 Å². The van der Waals surface area contributed by atoms with Gasteiger partial charge in [-0.25, -0.2) is 18.2 Å². The minimum Gasteiger partial charge on any atom is -0.478 e. The Hall–Kier alpha value is -2.26. The van der Waals surface area contributed by atoms with Gasteiger partial charge >= 0.3 is 5.97 Å². The molecule has 0 bridgehead atoms. The fraction of sp³-hybridized carbons (Fsp3) is 0.312. The van der Waals surface area contributed by atoms with Crippen LogP contribution in [0.15, 0.2) is 28.5 Å². The first-order valence-electron chi connectivity index (χ1n) is 7.24. The Balaban J connectivity index is 2.36. The van der Waals surface area contributed by atoms with Gasteiger partial charge in [-0.1, -0.05) is 20.8 Å². The second kappa shape index (κ2) is 6.57. The molecular formula is C16H18N2O5S2. The van der Waals surface area contributed by atoms with Gasteiger partial charge in [0.1, 0.15) is 5.69 Å². The Bertz CT molecular complexity index is 940. The van der Waals surface area contributed by atoms with Gasteiger partial charge < -0.3 is 10.4 Å². The Morgan fingerprint density at radius 2 is 1.84 bits per heavy atom. The average molecular weight is 382 g/mol. The standard InChI is InChI=1S/C16H18N2O5S2/c1-16(2,3)15-18-12(8-24-15)13(19)17-10-5-9(14(20)21)6-11(7-10)25(4,22)23/h5-8H,1-4H3,(H,17,19)(H,20,21). The summed E-state index contributed by atoms with van der Waals surface area (Å²) in [5, 5.41) is 14.0. The van der Waals surface area contributed by atoms with Gasteiger partial charge in [0.2, 0.25) is 0 Å². The molecule has 1 heterocycles. The van der Waals surface area contributed by atoms with Crippen molar-refractivity contribution < 1.29 is 23.1 Å². The van der Waals surface area contributed by atoms with Crippen molar-refractivity contribution in [1.29, 1.82) is 0 Å². The first-order chi connectivity index (χ1) is 11.4. The Morgan fingerprint density at radius 3 is 2.32 bits per heavy atom. The summed E-state index contributed by atoms with van der Waals surface area (Å²) in [6, 6.07) is 3.47. The number of carbonyl (C=O) groups excluding carboxylic acids is 1. The van der Waals surface area contributed by atoms with E-state index in [9.17, 15) is 18.0 Å². The molecule has 0 aliphatic rings. The van der Waals surface area contributed by atoms with E-state index in [0.717, 1.165) is 17.3 Å². The predicted molar refractivity (Wildman–Crippen MR) is 95.3 cm³/mol. The molecule has 0 saturated heterocycles. The lowest BCUT2D eigenvalue weighted by Crippen LogP contribution is -2.16. The third-order valence-corrected chi connectivity index (χ3v) is 5.58. The molecule has 1 aromatic carbocycles. The van der Waals surface area contributed by atoms with Gasteiger partial charge in [0, 0.05) is 22.7 Å². The molecule has 2 N–H and O–H groups in total. The number of sulfone groups is 1. The second-order valence-corrected chi connectivity index (χ2v) is 9.44. The molecule has 0 spiro atoms. The fourth-order valence-corrected chi connectivity index (χ4v) is 3.50. The molecule has 134 valence electrons. The lowest BCUT2D eigenvalue weighted by atomic mass is 9.98. The molecule has 1 aromatic heterocycles. The van der Waals surface area contributed by atoms with Gasteiger partial charge in [-0.2, -0.15) is 0 Å². The first kappa shape index (κ1) is 19.1. The SMILES string of the molecule is CC(C)(C)c1nc(C(=O)Nc2cc(C(=O)O)cc(S(C)(=O)=O)c2)cs1. The number of thiazole rings is 1. The summed E-state index contributed by atoms with van der Waals surface area (Å²) in [7, 11) is -3.63. The fourth-order valence-electron chi connectivity index (χ4n) is 1.93. The number of amides is 1. The quantitative estimate of drug-likeness (QED) is 0.840. The van der Waals surface area contributed by atoms with E-state index >= 15 is 0 Å². The molecule has 0 aliphatic heterocycles. The molecular weight excluding hydrogens is 364 g/mol. The summed E-state index contributed by atoms with van der Waals surface area (Å²) in [4.78, 5) is 27.6. The highest BCUT2D eigenvalue weighted by Crippen LogP contribution is 2.26. The number of hydrogen-bond donors (Lipinski definition) is 2. The van der Waals surface area contributed by atoms with Crippen LogP contribution in [0.5, 0.6) is 0 Å². The molecule has 0 saturated carbocycles. The molecule has 0 unspecified atom stereocenters. The summed E-state index contributed by atoms with van der Waals surface area (Å²) in [6.07, 6.45) is 0.968. The van der Waals surface area contributed by atoms with Gasteiger partial charge in [-0.05, 0) is 18.2 Å². The zero-order valence-electron chi connectivity index (χ0n) is 14.2. The molecule has 7 nitrogen and oxygen atoms in total. The minimum atomic E-state index is -3.63. The summed E-state index contributed by atoms with van der Waals surface area (Å²) in [5.41, 5.74) is -0.158. The van der Waals surface area contributed by atoms with E-state index in [2.05, 4.69) is 10.3 Å². The van der Waals surface area contributed by atoms with Crippen LogP contribution in [-0.2, 0) is 15.3 Å². The van der Waals surface area contributed by atoms with Crippen molar-refractivity contribution in [2.45, 2.75) is 31.1 Å². The highest BCUT2D eigenvalue weighted by Gasteiger charge is 2.21. The van der Waals surface area contributed by atoms with Crippen LogP contribution >= 0.6 is 11.3 Å². The van der Waals surface area contributed by atoms with E-state index in [-0.39, 0.29) is 27.3 Å². The molecule has 25 heavy (non-hydrogen) atoms. The normalized spacial score (nSPS) is 12.0. The van der Waals surface area contributed by atoms with Crippen LogP contribution in [-0.4, -0.2) is 36.6 Å². The number of anilines is 1. The smallest absolute Gasteiger partial charge is 0.335 e. The number of nitrogens with one attached hydrogen (secondary N) is 1. The third-order valence-electron chi connectivity index (χ3n) is 3.22. The van der Waals surface area contributed by atoms with Crippen LogP contribution in [0, 0.1) is 0 Å². The summed E-state index contributed by atoms with van der Waals surface area (Å²) < 4.78 is 23.4. The number of rotatable bonds is 4. The Kier molecular flexibility index (Phi) is 5.01. The van der Waals surface area contributed by atoms with Crippen LogP contribution in [0.1, 0.15) is 46.6 Å². The van der Waals surface area contributed by atoms with Crippen molar-refractivity contribution in [3.05, 3.63) is 39.8 Å². The van der Waals surface area contributed by atoms with Crippen LogP contribution in [0.2, 0.25) is 0 Å². The molecule has 1 amide bonds. The third kappa shape index (κ3) is 4.64. The van der Waals surface area contributed by atoms with E-state index in [0.29, 0.717) is 0 Å². The maximum atomic E-state index is 12.3. The van der Waals surface area contributed by atoms with E-state index in [1.165, 1.54) is 23.5 Å². The number of carboxylic acid groups (broad SMARTS) is 1. The number of benzene rings is 1. The zero-order chi connectivity index (χ0) is 19.0. The van der Waals surface area contributed by atoms with Crippen LogP contribution in [0.25, 0.3) is 0 Å². The van der Waals surface area contributed by atoms with Gasteiger partial charge in [-0.3, -0.25) is 4.79 Å². The van der Waals surface area contributed by atoms with Crippen molar-refractivity contribution >= 4 is 38.7 Å². The van der Waals surface area contributed by atoms with E-state index in [1.807, 2.05) is 20.8 Å². The van der Waals surface area contributed by atoms with Crippen LogP contribution in [0.3, 0.4) is 0 Å². The van der Waals surface area contributed by atoms with Crippen molar-refractivity contribution in [1.82, 2.24) is 4.98 Å². The van der Waals surface area contributed by atoms with Crippen LogP contribution in [0.4, 0.5) is 5.69 Å². The number of aromatic carboxylic acids is 1. The second-order valence-electron chi connectivity index (χ2n) is 6.57. The zero-order valence-corrected chi connectivity index (χ0v) is 15.8. The molecule has 9 heteroatoms. The first-order valence-corrected chi connectivity index (χ1v) is 10.0. The average Bonchev–Trinajstić information content (AvgIpc) is 2.95. The summed E-state index contributed by atoms with van der Waals surface area (Å²) in [5.74, 6) is -1.82. The maximum absolute atomic E-state index is 12.3. The number of carbonyl (C=O) groups is 2. The number of nitrogens with zero attached hydrogens (tertiary/aromatic N) is 1. The lowest BCUT2D eigenvalue weighted by Gasteiger charge is -2.13. The number of hydrogen-bond acceptors (Lipinski definition) is 6. The monoisotopic (exact) mass is 382 g/mol. The molecule has 0 atom stereocenters. The molecule has 0 fully saturated rings. The van der Waals surface area contributed by atoms with Gasteiger partial charge in [0.15, 0.2) is 9.84 Å². The van der Waals surface area contributed by atoms with Crippen molar-refractivity contribution in [2.75, 3.05) is 11.6 Å². The number of aromatic nitrogens is 1. The topological polar surface area (TPSA) is 113 Å². The Labute approximate surface area is 149 Å². The number of carboxylic acids is 1. The molecule has 2 rings (SSSR count). The summed E-state index contributed by atoms with van der Waals surface area (Å²) in [6.45, 7) is 5.92. The van der Waals surface area contributed by atoms with Gasteiger partial charge in [0.05, 0.1) is 15.5 Å².